The predicted octanol–water partition coefficient (Wildman–Crippen LogP) is 2.40. The lowest BCUT2D eigenvalue weighted by Gasteiger charge is -2.06. The maximum absolute atomic E-state index is 11.2. The quantitative estimate of drug-likeness (QED) is 0.503. The maximum atomic E-state index is 11.2. The highest BCUT2D eigenvalue weighted by molar-refractivity contribution is 9.18. The van der Waals surface area contributed by atoms with Crippen molar-refractivity contribution in [2.45, 2.75) is 0 Å². The first-order valence-corrected chi connectivity index (χ1v) is 4.58. The number of hydrogen-bond donors (Lipinski definition) is 1. The number of ether oxygens (including phenoxy) is 1. The fourth-order valence-electron chi connectivity index (χ4n) is 0.986. The molecule has 0 unspecified atom stereocenters. The van der Waals surface area contributed by atoms with Crippen molar-refractivity contribution in [3.05, 3.63) is 29.8 Å². The van der Waals surface area contributed by atoms with E-state index in [2.05, 4.69) is 26.0 Å². The lowest BCUT2D eigenvalue weighted by atomic mass is 10.2. The number of benzene rings is 1. The van der Waals surface area contributed by atoms with Crippen molar-refractivity contribution in [2.75, 3.05) is 12.4 Å². The summed E-state index contributed by atoms with van der Waals surface area (Å²) in [5.41, 5.74) is 0.740. The molecule has 0 bridgehead atoms. The van der Waals surface area contributed by atoms with E-state index in [4.69, 9.17) is 0 Å². The van der Waals surface area contributed by atoms with Gasteiger partial charge in [-0.05, 0) is 12.1 Å². The third-order valence-electron chi connectivity index (χ3n) is 1.57. The van der Waals surface area contributed by atoms with E-state index in [9.17, 15) is 9.59 Å². The summed E-state index contributed by atoms with van der Waals surface area (Å²) in [6, 6.07) is 6.59. The van der Waals surface area contributed by atoms with Gasteiger partial charge in [0.15, 0.2) is 0 Å². The molecule has 1 rings (SSSR count). The average molecular weight is 258 g/mol. The number of carbonyl (C=O) groups excluding carboxylic acids is 2. The molecule has 4 nitrogen and oxygen atoms in total. The highest BCUT2D eigenvalue weighted by Crippen LogP contribution is 2.16. The number of carbonyl (C=O) groups is 2. The van der Waals surface area contributed by atoms with Gasteiger partial charge in [0, 0.05) is 15.9 Å². The Hall–Kier alpha value is -1.36. The van der Waals surface area contributed by atoms with Gasteiger partial charge in [0.05, 0.1) is 18.4 Å². The molecule has 0 aliphatic carbocycles. The monoisotopic (exact) mass is 257 g/mol. The van der Waals surface area contributed by atoms with Crippen molar-refractivity contribution < 1.29 is 14.3 Å². The van der Waals surface area contributed by atoms with Crippen LogP contribution < -0.4 is 5.32 Å². The average Bonchev–Trinajstić information content (AvgIpc) is 2.16. The fourth-order valence-corrected chi connectivity index (χ4v) is 1.20. The van der Waals surface area contributed by atoms with Gasteiger partial charge in [-0.15, -0.1) is 0 Å². The number of hydrogen-bond acceptors (Lipinski definition) is 3. The van der Waals surface area contributed by atoms with Crippen LogP contribution in [0.1, 0.15) is 10.4 Å². The van der Waals surface area contributed by atoms with E-state index >= 15 is 0 Å². The summed E-state index contributed by atoms with van der Waals surface area (Å²) in [7, 11) is 1.29. The number of halogens is 1. The summed E-state index contributed by atoms with van der Waals surface area (Å²) < 4.78 is 4.55. The Balaban J connectivity index is 3.02. The van der Waals surface area contributed by atoms with Crippen LogP contribution in [0.4, 0.5) is 10.5 Å². The number of methoxy groups -OCH3 is 1. The fraction of sp³-hybridized carbons (Fsp3) is 0.111. The molecule has 1 aromatic rings. The molecule has 1 N–H and O–H groups in total. The van der Waals surface area contributed by atoms with Crippen LogP contribution in [-0.4, -0.2) is 17.9 Å². The van der Waals surface area contributed by atoms with Crippen LogP contribution in [0.15, 0.2) is 24.3 Å². The number of anilines is 1. The Morgan fingerprint density at radius 3 is 2.57 bits per heavy atom. The first kappa shape index (κ1) is 10.7. The van der Waals surface area contributed by atoms with Crippen molar-refractivity contribution in [3.63, 3.8) is 0 Å². The normalized spacial score (nSPS) is 9.29. The second-order valence-corrected chi connectivity index (χ2v) is 3.16. The first-order chi connectivity index (χ1) is 6.65. The summed E-state index contributed by atoms with van der Waals surface area (Å²) in [5, 5.41) is 2.47. The van der Waals surface area contributed by atoms with Crippen LogP contribution in [0.2, 0.25) is 0 Å². The Kier molecular flexibility index (Phi) is 3.64. The molecule has 0 heterocycles. The predicted molar refractivity (Wildman–Crippen MR) is 55.7 cm³/mol. The van der Waals surface area contributed by atoms with Crippen LogP contribution >= 0.6 is 15.9 Å². The minimum atomic E-state index is -0.484. The summed E-state index contributed by atoms with van der Waals surface area (Å²) in [4.78, 5) is 21.5. The molecule has 0 spiro atoms. The van der Waals surface area contributed by atoms with Gasteiger partial charge in [0.1, 0.15) is 0 Å². The molecular weight excluding hydrogens is 250 g/mol. The molecule has 1 aromatic carbocycles. The molecular formula is C9H8BrNO3. The van der Waals surface area contributed by atoms with Gasteiger partial charge >= 0.3 is 5.97 Å². The van der Waals surface area contributed by atoms with Crippen LogP contribution in [-0.2, 0) is 4.74 Å². The number of rotatable bonds is 2. The second kappa shape index (κ2) is 4.76. The lowest BCUT2D eigenvalue weighted by molar-refractivity contribution is 0.0602. The maximum Gasteiger partial charge on any atom is 0.339 e. The molecule has 0 aliphatic heterocycles. The van der Waals surface area contributed by atoms with E-state index in [-0.39, 0.29) is 0 Å². The van der Waals surface area contributed by atoms with E-state index in [1.54, 1.807) is 24.3 Å². The van der Waals surface area contributed by atoms with E-state index in [0.717, 1.165) is 0 Å². The Morgan fingerprint density at radius 1 is 1.36 bits per heavy atom. The molecule has 0 saturated carbocycles. The lowest BCUT2D eigenvalue weighted by Crippen LogP contribution is -2.09. The molecule has 1 amide bonds. The minimum absolute atomic E-state index is 0.322. The molecule has 0 atom stereocenters. The zero-order valence-corrected chi connectivity index (χ0v) is 9.00. The summed E-state index contributed by atoms with van der Waals surface area (Å²) >= 11 is 2.71. The molecule has 5 heteroatoms. The Labute approximate surface area is 89.4 Å². The summed E-state index contributed by atoms with van der Waals surface area (Å²) in [6.45, 7) is 0. The molecule has 14 heavy (non-hydrogen) atoms. The number of para-hydroxylation sites is 1. The van der Waals surface area contributed by atoms with E-state index in [1.165, 1.54) is 7.11 Å². The molecule has 74 valence electrons. The zero-order valence-electron chi connectivity index (χ0n) is 7.41. The Bertz CT molecular complexity index is 365. The van der Waals surface area contributed by atoms with Gasteiger partial charge in [-0.2, -0.15) is 0 Å². The zero-order chi connectivity index (χ0) is 10.6. The SMILES string of the molecule is COC(=O)c1ccccc1NC(=O)Br. The van der Waals surface area contributed by atoms with Crippen molar-refractivity contribution in [2.24, 2.45) is 0 Å². The van der Waals surface area contributed by atoms with Gasteiger partial charge in [-0.1, -0.05) is 12.1 Å². The van der Waals surface area contributed by atoms with Gasteiger partial charge < -0.3 is 10.1 Å². The first-order valence-electron chi connectivity index (χ1n) is 3.79. The summed E-state index contributed by atoms with van der Waals surface area (Å²) in [6.07, 6.45) is 0. The van der Waals surface area contributed by atoms with Gasteiger partial charge in [0.2, 0.25) is 0 Å². The molecule has 0 aromatic heterocycles. The molecule has 0 aliphatic rings. The molecule has 0 radical (unpaired) electrons. The number of esters is 1. The highest BCUT2D eigenvalue weighted by Gasteiger charge is 2.11. The van der Waals surface area contributed by atoms with Crippen molar-refractivity contribution in [1.29, 1.82) is 0 Å². The minimum Gasteiger partial charge on any atom is -0.465 e. The smallest absolute Gasteiger partial charge is 0.339 e. The molecule has 0 fully saturated rings. The van der Waals surface area contributed by atoms with E-state index in [1.807, 2.05) is 0 Å². The van der Waals surface area contributed by atoms with Crippen molar-refractivity contribution in [3.8, 4) is 0 Å². The van der Waals surface area contributed by atoms with Crippen LogP contribution in [0.3, 0.4) is 0 Å². The standard InChI is InChI=1S/C9H8BrNO3/c1-14-8(12)6-4-2-3-5-7(6)11-9(10)13/h2-5H,1H3,(H,11,13). The molecule has 0 saturated heterocycles. The van der Waals surface area contributed by atoms with Gasteiger partial charge in [-0.3, -0.25) is 4.79 Å². The van der Waals surface area contributed by atoms with Gasteiger partial charge in [0.25, 0.3) is 4.82 Å². The second-order valence-electron chi connectivity index (χ2n) is 2.44. The number of amides is 1. The van der Waals surface area contributed by atoms with Gasteiger partial charge in [-0.25, -0.2) is 4.79 Å². The third kappa shape index (κ3) is 2.56. The van der Waals surface area contributed by atoms with Crippen molar-refractivity contribution >= 4 is 32.4 Å². The van der Waals surface area contributed by atoms with Crippen molar-refractivity contribution in [1.82, 2.24) is 0 Å². The Morgan fingerprint density at radius 2 is 2.00 bits per heavy atom. The number of nitrogens with one attached hydrogen (secondary N) is 1. The third-order valence-corrected chi connectivity index (χ3v) is 1.76. The largest absolute Gasteiger partial charge is 0.465 e. The highest BCUT2D eigenvalue weighted by atomic mass is 79.9. The van der Waals surface area contributed by atoms with E-state index < -0.39 is 10.8 Å². The van der Waals surface area contributed by atoms with Crippen LogP contribution in [0.5, 0.6) is 0 Å². The van der Waals surface area contributed by atoms with E-state index in [0.29, 0.717) is 11.3 Å². The van der Waals surface area contributed by atoms with Crippen LogP contribution in [0.25, 0.3) is 0 Å². The topological polar surface area (TPSA) is 55.4 Å². The summed E-state index contributed by atoms with van der Waals surface area (Å²) in [5.74, 6) is -0.484. The van der Waals surface area contributed by atoms with Crippen LogP contribution in [0, 0.1) is 0 Å².